The summed E-state index contributed by atoms with van der Waals surface area (Å²) >= 11 is 0. The summed E-state index contributed by atoms with van der Waals surface area (Å²) in [5.41, 5.74) is 3.67. The lowest BCUT2D eigenvalue weighted by atomic mass is 9.59. The zero-order chi connectivity index (χ0) is 9.47. The van der Waals surface area contributed by atoms with Crippen molar-refractivity contribution in [2.45, 2.75) is 20.8 Å². The minimum atomic E-state index is 0.152. The van der Waals surface area contributed by atoms with Crippen LogP contribution in [0.5, 0.6) is 0 Å². The predicted molar refractivity (Wildman–Crippen MR) is 58.4 cm³/mol. The van der Waals surface area contributed by atoms with Gasteiger partial charge in [-0.15, -0.1) is 0 Å². The van der Waals surface area contributed by atoms with Crippen LogP contribution in [0.3, 0.4) is 0 Å². The van der Waals surface area contributed by atoms with E-state index in [4.69, 9.17) is 0 Å². The Morgan fingerprint density at radius 3 is 2.46 bits per heavy atom. The zero-order valence-corrected chi connectivity index (χ0v) is 8.33. The number of hydrogen-bond donors (Lipinski definition) is 0. The Labute approximate surface area is 80.1 Å². The standard InChI is InChI=1S/C11H13BN/c1-11(2,3)10-12-8-6-4-5-7-9(8)13-10/h4-7H,1-3H3. The van der Waals surface area contributed by atoms with Crippen LogP contribution < -0.4 is 5.46 Å². The summed E-state index contributed by atoms with van der Waals surface area (Å²) < 4.78 is 0. The van der Waals surface area contributed by atoms with E-state index in [-0.39, 0.29) is 5.41 Å². The lowest BCUT2D eigenvalue weighted by Crippen LogP contribution is -2.29. The highest BCUT2D eigenvalue weighted by atomic mass is 14.8. The largest absolute Gasteiger partial charge is 0.268 e. The molecule has 1 aromatic carbocycles. The van der Waals surface area contributed by atoms with E-state index in [9.17, 15) is 0 Å². The third-order valence-electron chi connectivity index (χ3n) is 2.24. The van der Waals surface area contributed by atoms with Gasteiger partial charge in [0.15, 0.2) is 0 Å². The fraction of sp³-hybridized carbons (Fsp3) is 0.364. The van der Waals surface area contributed by atoms with E-state index in [0.717, 1.165) is 5.69 Å². The number of fused-ring (bicyclic) bond motifs is 1. The Morgan fingerprint density at radius 1 is 1.15 bits per heavy atom. The van der Waals surface area contributed by atoms with Gasteiger partial charge >= 0.3 is 0 Å². The number of para-hydroxylation sites is 1. The molecule has 1 aliphatic rings. The maximum absolute atomic E-state index is 4.58. The average Bonchev–Trinajstić information content (AvgIpc) is 2.45. The van der Waals surface area contributed by atoms with Crippen molar-refractivity contribution in [1.82, 2.24) is 0 Å². The molecule has 0 spiro atoms. The normalized spacial score (nSPS) is 14.8. The fourth-order valence-electron chi connectivity index (χ4n) is 1.40. The van der Waals surface area contributed by atoms with Crippen LogP contribution >= 0.6 is 0 Å². The summed E-state index contributed by atoms with van der Waals surface area (Å²) in [7, 11) is 2.18. The second-order valence-corrected chi connectivity index (χ2v) is 4.45. The Hall–Kier alpha value is -1.05. The van der Waals surface area contributed by atoms with Crippen LogP contribution in [0.15, 0.2) is 29.3 Å². The average molecular weight is 170 g/mol. The molecule has 2 rings (SSSR count). The third-order valence-corrected chi connectivity index (χ3v) is 2.24. The molecule has 0 saturated carbocycles. The van der Waals surface area contributed by atoms with E-state index in [1.165, 1.54) is 11.1 Å². The number of benzene rings is 1. The molecule has 0 amide bonds. The molecule has 1 nitrogen and oxygen atoms in total. The molecule has 0 N–H and O–H groups in total. The van der Waals surface area contributed by atoms with Crippen molar-refractivity contribution in [2.24, 2.45) is 10.4 Å². The lowest BCUT2D eigenvalue weighted by molar-refractivity contribution is 0.601. The first-order chi connectivity index (χ1) is 6.07. The summed E-state index contributed by atoms with van der Waals surface area (Å²) in [4.78, 5) is 4.58. The summed E-state index contributed by atoms with van der Waals surface area (Å²) in [5.74, 6) is 0. The second kappa shape index (κ2) is 2.73. The molecule has 0 aliphatic carbocycles. The Kier molecular flexibility index (Phi) is 1.79. The van der Waals surface area contributed by atoms with E-state index in [2.05, 4.69) is 51.2 Å². The van der Waals surface area contributed by atoms with Crippen molar-refractivity contribution in [3.05, 3.63) is 24.3 Å². The van der Waals surface area contributed by atoms with Gasteiger partial charge in [0, 0.05) is 0 Å². The first kappa shape index (κ1) is 8.55. The molecule has 0 bridgehead atoms. The molecule has 0 atom stereocenters. The Morgan fingerprint density at radius 2 is 1.85 bits per heavy atom. The maximum atomic E-state index is 4.58. The van der Waals surface area contributed by atoms with Crippen molar-refractivity contribution >= 4 is 24.0 Å². The van der Waals surface area contributed by atoms with Crippen LogP contribution in [0, 0.1) is 5.41 Å². The van der Waals surface area contributed by atoms with Crippen molar-refractivity contribution in [3.63, 3.8) is 0 Å². The number of hydrogen-bond acceptors (Lipinski definition) is 1. The highest BCUT2D eigenvalue weighted by molar-refractivity contribution is 6.88. The van der Waals surface area contributed by atoms with Gasteiger partial charge in [0.25, 0.3) is 0 Å². The topological polar surface area (TPSA) is 12.4 Å². The minimum absolute atomic E-state index is 0.152. The molecule has 65 valence electrons. The van der Waals surface area contributed by atoms with Crippen molar-refractivity contribution in [3.8, 4) is 0 Å². The van der Waals surface area contributed by atoms with Gasteiger partial charge in [0.1, 0.15) is 0 Å². The van der Waals surface area contributed by atoms with Gasteiger partial charge < -0.3 is 0 Å². The van der Waals surface area contributed by atoms with Gasteiger partial charge in [-0.1, -0.05) is 44.4 Å². The summed E-state index contributed by atoms with van der Waals surface area (Å²) in [6.45, 7) is 6.57. The highest BCUT2D eigenvalue weighted by Crippen LogP contribution is 2.23. The van der Waals surface area contributed by atoms with Crippen LogP contribution in [0.1, 0.15) is 20.8 Å². The molecule has 2 heteroatoms. The van der Waals surface area contributed by atoms with Crippen molar-refractivity contribution in [1.29, 1.82) is 0 Å². The molecule has 0 aromatic heterocycles. The number of rotatable bonds is 0. The van der Waals surface area contributed by atoms with Gasteiger partial charge in [-0.05, 0) is 17.1 Å². The van der Waals surface area contributed by atoms with Crippen LogP contribution in [0.25, 0.3) is 0 Å². The monoisotopic (exact) mass is 170 g/mol. The molecular weight excluding hydrogens is 157 g/mol. The molecule has 1 aromatic rings. The first-order valence-corrected chi connectivity index (χ1v) is 4.60. The van der Waals surface area contributed by atoms with Gasteiger partial charge in [-0.2, -0.15) is 0 Å². The molecule has 1 heterocycles. The summed E-state index contributed by atoms with van der Waals surface area (Å²) in [6.07, 6.45) is 0. The summed E-state index contributed by atoms with van der Waals surface area (Å²) in [6, 6.07) is 8.25. The van der Waals surface area contributed by atoms with E-state index < -0.39 is 0 Å². The molecule has 1 radical (unpaired) electrons. The third kappa shape index (κ3) is 1.53. The maximum Gasteiger partial charge on any atom is 0.214 e. The highest BCUT2D eigenvalue weighted by Gasteiger charge is 2.25. The van der Waals surface area contributed by atoms with Crippen LogP contribution in [-0.4, -0.2) is 12.9 Å². The van der Waals surface area contributed by atoms with Crippen LogP contribution in [0.2, 0.25) is 0 Å². The molecule has 0 unspecified atom stereocenters. The smallest absolute Gasteiger partial charge is 0.214 e. The minimum Gasteiger partial charge on any atom is -0.268 e. The van der Waals surface area contributed by atoms with E-state index in [1.54, 1.807) is 0 Å². The molecule has 0 saturated heterocycles. The molecule has 0 fully saturated rings. The molecular formula is C11H13BN. The summed E-state index contributed by atoms with van der Waals surface area (Å²) in [5, 5.41) is 0. The Balaban J connectivity index is 2.37. The van der Waals surface area contributed by atoms with E-state index >= 15 is 0 Å². The molecule has 1 aliphatic heterocycles. The Bertz CT molecular complexity index is 361. The first-order valence-electron chi connectivity index (χ1n) is 4.60. The van der Waals surface area contributed by atoms with Crippen LogP contribution in [-0.2, 0) is 0 Å². The quantitative estimate of drug-likeness (QED) is 0.528. The van der Waals surface area contributed by atoms with Gasteiger partial charge in [0.05, 0.1) is 5.69 Å². The van der Waals surface area contributed by atoms with E-state index in [1.807, 2.05) is 6.07 Å². The fourth-order valence-corrected chi connectivity index (χ4v) is 1.40. The van der Waals surface area contributed by atoms with Crippen molar-refractivity contribution in [2.75, 3.05) is 0 Å². The second-order valence-electron chi connectivity index (χ2n) is 4.45. The van der Waals surface area contributed by atoms with E-state index in [0.29, 0.717) is 0 Å². The predicted octanol–water partition coefficient (Wildman–Crippen LogP) is 2.11. The van der Waals surface area contributed by atoms with Gasteiger partial charge in [-0.25, -0.2) is 0 Å². The SMILES string of the molecule is CC(C)(C)C1=Nc2ccccc2[B]1. The van der Waals surface area contributed by atoms with Crippen molar-refractivity contribution < 1.29 is 0 Å². The van der Waals surface area contributed by atoms with Crippen LogP contribution in [0.4, 0.5) is 5.69 Å². The number of nitrogens with zero attached hydrogens (tertiary/aromatic N) is 1. The van der Waals surface area contributed by atoms with Gasteiger partial charge in [-0.3, -0.25) is 4.99 Å². The number of aliphatic imine (C=N–C) groups is 1. The van der Waals surface area contributed by atoms with Gasteiger partial charge in [0.2, 0.25) is 7.28 Å². The lowest BCUT2D eigenvalue weighted by Gasteiger charge is -2.17. The zero-order valence-electron chi connectivity index (χ0n) is 8.33. The molecule has 13 heavy (non-hydrogen) atoms.